The molecule has 0 unspecified atom stereocenters. The lowest BCUT2D eigenvalue weighted by molar-refractivity contribution is -0.116. The van der Waals surface area contributed by atoms with Crippen molar-refractivity contribution >= 4 is 17.5 Å². The Morgan fingerprint density at radius 3 is 2.68 bits per heavy atom. The van der Waals surface area contributed by atoms with E-state index in [1.165, 1.54) is 16.7 Å². The second kappa shape index (κ2) is 8.15. The minimum atomic E-state index is -0.363. The standard InChI is InChI=1S/C23H27N3O2/c24-23(28)20-3-1-2-17(13-20)12-16-8-10-26(11-9-16)15-18-4-5-19-6-7-22(27)25-21(19)14-18/h1-5,13-14,16H,6-12,15H2,(H2,24,28)(H,25,27). The predicted molar refractivity (Wildman–Crippen MR) is 110 cm³/mol. The zero-order valence-electron chi connectivity index (χ0n) is 16.1. The quantitative estimate of drug-likeness (QED) is 0.841. The van der Waals surface area contributed by atoms with E-state index in [4.69, 9.17) is 5.73 Å². The predicted octanol–water partition coefficient (Wildman–Crippen LogP) is 3.12. The first kappa shape index (κ1) is 18.7. The summed E-state index contributed by atoms with van der Waals surface area (Å²) in [6.45, 7) is 3.07. The van der Waals surface area contributed by atoms with E-state index in [9.17, 15) is 9.59 Å². The van der Waals surface area contributed by atoms with Gasteiger partial charge in [0.05, 0.1) is 0 Å². The number of carbonyl (C=O) groups is 2. The number of nitrogens with zero attached hydrogens (tertiary/aromatic N) is 1. The van der Waals surface area contributed by atoms with Gasteiger partial charge in [-0.3, -0.25) is 14.5 Å². The number of likely N-dealkylation sites (tertiary alicyclic amines) is 1. The van der Waals surface area contributed by atoms with Gasteiger partial charge in [0, 0.05) is 24.2 Å². The summed E-state index contributed by atoms with van der Waals surface area (Å²) in [6, 6.07) is 14.2. The fourth-order valence-corrected chi connectivity index (χ4v) is 4.31. The van der Waals surface area contributed by atoms with E-state index >= 15 is 0 Å². The molecule has 2 aliphatic rings. The first-order valence-corrected chi connectivity index (χ1v) is 10.1. The summed E-state index contributed by atoms with van der Waals surface area (Å²) in [7, 11) is 0. The van der Waals surface area contributed by atoms with Crippen LogP contribution in [0.1, 0.15) is 46.3 Å². The third-order valence-corrected chi connectivity index (χ3v) is 5.92. The van der Waals surface area contributed by atoms with Crippen molar-refractivity contribution in [2.75, 3.05) is 18.4 Å². The van der Waals surface area contributed by atoms with Crippen molar-refractivity contribution in [3.63, 3.8) is 0 Å². The highest BCUT2D eigenvalue weighted by Crippen LogP contribution is 2.26. The number of rotatable bonds is 5. The minimum Gasteiger partial charge on any atom is -0.366 e. The van der Waals surface area contributed by atoms with Gasteiger partial charge in [0.15, 0.2) is 0 Å². The lowest BCUT2D eigenvalue weighted by Crippen LogP contribution is -2.34. The zero-order chi connectivity index (χ0) is 19.5. The molecule has 2 amide bonds. The molecule has 2 aromatic rings. The normalized spacial score (nSPS) is 17.8. The first-order chi connectivity index (χ1) is 13.6. The number of carbonyl (C=O) groups excluding carboxylic acids is 2. The molecule has 4 rings (SSSR count). The third-order valence-electron chi connectivity index (χ3n) is 5.92. The molecule has 0 saturated carbocycles. The average molecular weight is 377 g/mol. The highest BCUT2D eigenvalue weighted by atomic mass is 16.2. The van der Waals surface area contributed by atoms with E-state index in [1.54, 1.807) is 6.07 Å². The van der Waals surface area contributed by atoms with E-state index in [0.29, 0.717) is 17.9 Å². The molecule has 5 nitrogen and oxygen atoms in total. The molecule has 0 radical (unpaired) electrons. The van der Waals surface area contributed by atoms with E-state index in [-0.39, 0.29) is 11.8 Å². The average Bonchev–Trinajstić information content (AvgIpc) is 2.69. The molecule has 2 aromatic carbocycles. The van der Waals surface area contributed by atoms with Gasteiger partial charge in [-0.05, 0) is 79.6 Å². The van der Waals surface area contributed by atoms with Crippen LogP contribution in [-0.2, 0) is 24.2 Å². The van der Waals surface area contributed by atoms with Crippen LogP contribution >= 0.6 is 0 Å². The molecule has 0 aliphatic carbocycles. The van der Waals surface area contributed by atoms with E-state index < -0.39 is 0 Å². The van der Waals surface area contributed by atoms with Crippen LogP contribution in [0.25, 0.3) is 0 Å². The zero-order valence-corrected chi connectivity index (χ0v) is 16.1. The van der Waals surface area contributed by atoms with Crippen molar-refractivity contribution < 1.29 is 9.59 Å². The summed E-state index contributed by atoms with van der Waals surface area (Å²) in [5.74, 6) is 0.394. The maximum absolute atomic E-state index is 11.6. The van der Waals surface area contributed by atoms with Gasteiger partial charge in [-0.2, -0.15) is 0 Å². The summed E-state index contributed by atoms with van der Waals surface area (Å²) >= 11 is 0. The van der Waals surface area contributed by atoms with Crippen LogP contribution in [0.3, 0.4) is 0 Å². The number of piperidine rings is 1. The maximum Gasteiger partial charge on any atom is 0.248 e. The molecule has 1 fully saturated rings. The number of nitrogens with two attached hydrogens (primary N) is 1. The second-order valence-electron chi connectivity index (χ2n) is 8.03. The molecule has 0 bridgehead atoms. The Balaban J connectivity index is 1.31. The molecule has 0 atom stereocenters. The van der Waals surface area contributed by atoms with E-state index in [2.05, 4.69) is 34.5 Å². The Labute approximate surface area is 165 Å². The molecule has 2 heterocycles. The monoisotopic (exact) mass is 377 g/mol. The van der Waals surface area contributed by atoms with Gasteiger partial charge in [-0.1, -0.05) is 24.3 Å². The van der Waals surface area contributed by atoms with Crippen molar-refractivity contribution in [1.29, 1.82) is 0 Å². The number of primary amides is 1. The Bertz CT molecular complexity index is 885. The fraction of sp³-hybridized carbons (Fsp3) is 0.391. The molecule has 28 heavy (non-hydrogen) atoms. The Hall–Kier alpha value is -2.66. The number of benzene rings is 2. The largest absolute Gasteiger partial charge is 0.366 e. The summed E-state index contributed by atoms with van der Waals surface area (Å²) in [4.78, 5) is 25.5. The van der Waals surface area contributed by atoms with Crippen LogP contribution in [0.2, 0.25) is 0 Å². The molecule has 1 saturated heterocycles. The van der Waals surface area contributed by atoms with Gasteiger partial charge in [0.25, 0.3) is 0 Å². The lowest BCUT2D eigenvalue weighted by Gasteiger charge is -2.32. The minimum absolute atomic E-state index is 0.117. The molecule has 146 valence electrons. The summed E-state index contributed by atoms with van der Waals surface area (Å²) in [5.41, 5.74) is 10.7. The molecule has 0 aromatic heterocycles. The number of anilines is 1. The highest BCUT2D eigenvalue weighted by molar-refractivity contribution is 5.94. The van der Waals surface area contributed by atoms with E-state index in [0.717, 1.165) is 51.0 Å². The number of fused-ring (bicyclic) bond motifs is 1. The third kappa shape index (κ3) is 4.42. The van der Waals surface area contributed by atoms with Crippen molar-refractivity contribution in [1.82, 2.24) is 4.90 Å². The van der Waals surface area contributed by atoms with Gasteiger partial charge in [-0.25, -0.2) is 0 Å². The molecular weight excluding hydrogens is 350 g/mol. The second-order valence-corrected chi connectivity index (χ2v) is 8.03. The van der Waals surface area contributed by atoms with E-state index in [1.807, 2.05) is 12.1 Å². The molecule has 5 heteroatoms. The first-order valence-electron chi connectivity index (χ1n) is 10.1. The fourth-order valence-electron chi connectivity index (χ4n) is 4.31. The van der Waals surface area contributed by atoms with Gasteiger partial charge in [0.1, 0.15) is 0 Å². The Morgan fingerprint density at radius 1 is 1.07 bits per heavy atom. The SMILES string of the molecule is NC(=O)c1cccc(CC2CCN(Cc3ccc4c(c3)NC(=O)CC4)CC2)c1. The molecule has 2 aliphatic heterocycles. The van der Waals surface area contributed by atoms with Crippen LogP contribution in [-0.4, -0.2) is 29.8 Å². The number of amides is 2. The van der Waals surface area contributed by atoms with Crippen LogP contribution in [0.15, 0.2) is 42.5 Å². The van der Waals surface area contributed by atoms with Crippen molar-refractivity contribution in [3.8, 4) is 0 Å². The Kier molecular flexibility index (Phi) is 5.44. The van der Waals surface area contributed by atoms with Crippen LogP contribution in [0.5, 0.6) is 0 Å². The molecule has 0 spiro atoms. The summed E-state index contributed by atoms with van der Waals surface area (Å²) in [5, 5.41) is 2.99. The van der Waals surface area contributed by atoms with Crippen molar-refractivity contribution in [3.05, 3.63) is 64.7 Å². The summed E-state index contributed by atoms with van der Waals surface area (Å²) < 4.78 is 0. The van der Waals surface area contributed by atoms with Gasteiger partial charge >= 0.3 is 0 Å². The van der Waals surface area contributed by atoms with Gasteiger partial charge in [-0.15, -0.1) is 0 Å². The lowest BCUT2D eigenvalue weighted by atomic mass is 9.89. The smallest absolute Gasteiger partial charge is 0.248 e. The number of hydrogen-bond donors (Lipinski definition) is 2. The van der Waals surface area contributed by atoms with Crippen LogP contribution in [0, 0.1) is 5.92 Å². The topological polar surface area (TPSA) is 75.4 Å². The van der Waals surface area contributed by atoms with Crippen LogP contribution in [0.4, 0.5) is 5.69 Å². The van der Waals surface area contributed by atoms with Crippen molar-refractivity contribution in [2.24, 2.45) is 11.7 Å². The maximum atomic E-state index is 11.6. The molecular formula is C23H27N3O2. The van der Waals surface area contributed by atoms with Gasteiger partial charge < -0.3 is 11.1 Å². The van der Waals surface area contributed by atoms with Crippen molar-refractivity contribution in [2.45, 2.75) is 38.6 Å². The van der Waals surface area contributed by atoms with Gasteiger partial charge in [0.2, 0.25) is 11.8 Å². The summed E-state index contributed by atoms with van der Waals surface area (Å²) in [6.07, 6.45) is 4.73. The number of aryl methyl sites for hydroxylation is 1. The number of nitrogens with one attached hydrogen (secondary N) is 1. The Morgan fingerprint density at radius 2 is 1.89 bits per heavy atom. The number of hydrogen-bond acceptors (Lipinski definition) is 3. The molecule has 3 N–H and O–H groups in total. The van der Waals surface area contributed by atoms with Crippen LogP contribution < -0.4 is 11.1 Å². The highest BCUT2D eigenvalue weighted by Gasteiger charge is 2.21.